The van der Waals surface area contributed by atoms with Crippen molar-refractivity contribution in [1.82, 2.24) is 10.2 Å². The van der Waals surface area contributed by atoms with Crippen LogP contribution in [0.5, 0.6) is 0 Å². The number of likely N-dealkylation sites (tertiary alicyclic amines) is 1. The second-order valence-corrected chi connectivity index (χ2v) is 6.67. The largest absolute Gasteiger partial charge is 0.372 e. The lowest BCUT2D eigenvalue weighted by Gasteiger charge is -2.34. The molecule has 4 heteroatoms. The summed E-state index contributed by atoms with van der Waals surface area (Å²) >= 11 is 0. The normalized spacial score (nSPS) is 29.4. The van der Waals surface area contributed by atoms with Gasteiger partial charge in [0.15, 0.2) is 0 Å². The topological polar surface area (TPSA) is 48.3 Å². The summed E-state index contributed by atoms with van der Waals surface area (Å²) in [6.07, 6.45) is 6.28. The number of nitrogens with zero attached hydrogens (tertiary/aromatic N) is 2. The number of ether oxygens (including phenoxy) is 1. The second-order valence-electron chi connectivity index (χ2n) is 6.67. The summed E-state index contributed by atoms with van der Waals surface area (Å²) in [5.74, 6) is 0. The van der Waals surface area contributed by atoms with Crippen molar-refractivity contribution in [2.24, 2.45) is 0 Å². The molecule has 3 atom stereocenters. The van der Waals surface area contributed by atoms with Crippen LogP contribution < -0.4 is 5.32 Å². The van der Waals surface area contributed by atoms with E-state index >= 15 is 0 Å². The van der Waals surface area contributed by atoms with Gasteiger partial charge in [-0.15, -0.1) is 0 Å². The fourth-order valence-corrected chi connectivity index (χ4v) is 3.56. The van der Waals surface area contributed by atoms with Gasteiger partial charge in [-0.3, -0.25) is 10.2 Å². The summed E-state index contributed by atoms with van der Waals surface area (Å²) < 4.78 is 5.86. The van der Waals surface area contributed by atoms with E-state index in [4.69, 9.17) is 4.74 Å². The van der Waals surface area contributed by atoms with Gasteiger partial charge in [-0.05, 0) is 52.5 Å². The standard InChI is InChI=1S/C16H29N3O/c1-4-16(12-17,18-13(2)3)8-5-9-19-10-14-6-7-15(11-19)20-14/h13-15,18H,4-11H2,1-3H3. The SMILES string of the molecule is CCC(C#N)(CCCN1CC2CCC(C1)O2)NC(C)C. The van der Waals surface area contributed by atoms with Crippen LogP contribution in [0.2, 0.25) is 0 Å². The molecule has 0 aromatic heterocycles. The van der Waals surface area contributed by atoms with E-state index in [0.29, 0.717) is 18.2 Å². The number of nitrogens with one attached hydrogen (secondary N) is 1. The Labute approximate surface area is 123 Å². The van der Waals surface area contributed by atoms with Gasteiger partial charge >= 0.3 is 0 Å². The third-order valence-electron chi connectivity index (χ3n) is 4.58. The summed E-state index contributed by atoms with van der Waals surface area (Å²) in [7, 11) is 0. The van der Waals surface area contributed by atoms with Gasteiger partial charge in [0.2, 0.25) is 0 Å². The monoisotopic (exact) mass is 279 g/mol. The molecule has 2 saturated heterocycles. The quantitative estimate of drug-likeness (QED) is 0.777. The maximum Gasteiger partial charge on any atom is 0.106 e. The number of fused-ring (bicyclic) bond motifs is 2. The highest BCUT2D eigenvalue weighted by molar-refractivity contribution is 5.07. The fraction of sp³-hybridized carbons (Fsp3) is 0.938. The van der Waals surface area contributed by atoms with E-state index < -0.39 is 0 Å². The molecule has 2 aliphatic rings. The zero-order valence-electron chi connectivity index (χ0n) is 13.2. The van der Waals surface area contributed by atoms with Gasteiger partial charge in [0.1, 0.15) is 5.54 Å². The van der Waals surface area contributed by atoms with Crippen molar-refractivity contribution < 1.29 is 4.74 Å². The molecular formula is C16H29N3O. The van der Waals surface area contributed by atoms with Crippen LogP contribution in [-0.2, 0) is 4.74 Å². The first kappa shape index (κ1) is 15.8. The zero-order valence-corrected chi connectivity index (χ0v) is 13.2. The molecule has 2 aliphatic heterocycles. The van der Waals surface area contributed by atoms with Crippen LogP contribution in [0, 0.1) is 11.3 Å². The fourth-order valence-electron chi connectivity index (χ4n) is 3.56. The lowest BCUT2D eigenvalue weighted by atomic mass is 9.91. The Balaban J connectivity index is 1.77. The molecule has 0 saturated carbocycles. The molecule has 3 unspecified atom stereocenters. The number of nitriles is 1. The Bertz CT molecular complexity index is 340. The Kier molecular flexibility index (Phi) is 5.42. The lowest BCUT2D eigenvalue weighted by Crippen LogP contribution is -2.48. The van der Waals surface area contributed by atoms with Crippen LogP contribution >= 0.6 is 0 Å². The molecule has 0 aliphatic carbocycles. The van der Waals surface area contributed by atoms with Crippen molar-refractivity contribution in [1.29, 1.82) is 5.26 Å². The molecule has 2 fully saturated rings. The third kappa shape index (κ3) is 3.94. The van der Waals surface area contributed by atoms with Gasteiger partial charge in [0.25, 0.3) is 0 Å². The van der Waals surface area contributed by atoms with Crippen molar-refractivity contribution >= 4 is 0 Å². The average Bonchev–Trinajstić information content (AvgIpc) is 2.76. The summed E-state index contributed by atoms with van der Waals surface area (Å²) in [5, 5.41) is 13.0. The minimum absolute atomic E-state index is 0.348. The van der Waals surface area contributed by atoms with E-state index in [1.54, 1.807) is 0 Å². The molecule has 2 rings (SSSR count). The summed E-state index contributed by atoms with van der Waals surface area (Å²) in [6.45, 7) is 9.59. The van der Waals surface area contributed by atoms with E-state index in [0.717, 1.165) is 38.9 Å². The molecule has 1 N–H and O–H groups in total. The van der Waals surface area contributed by atoms with E-state index in [-0.39, 0.29) is 5.54 Å². The van der Waals surface area contributed by atoms with Crippen molar-refractivity contribution in [3.63, 3.8) is 0 Å². The Morgan fingerprint density at radius 1 is 1.35 bits per heavy atom. The first-order valence-electron chi connectivity index (χ1n) is 8.13. The Morgan fingerprint density at radius 2 is 2.00 bits per heavy atom. The van der Waals surface area contributed by atoms with E-state index in [2.05, 4.69) is 37.1 Å². The van der Waals surface area contributed by atoms with Crippen LogP contribution in [0.25, 0.3) is 0 Å². The van der Waals surface area contributed by atoms with Crippen molar-refractivity contribution in [3.8, 4) is 6.07 Å². The highest BCUT2D eigenvalue weighted by atomic mass is 16.5. The minimum Gasteiger partial charge on any atom is -0.372 e. The molecule has 0 amide bonds. The van der Waals surface area contributed by atoms with E-state index in [1.165, 1.54) is 12.8 Å². The van der Waals surface area contributed by atoms with Crippen molar-refractivity contribution in [2.45, 2.75) is 76.7 Å². The highest BCUT2D eigenvalue weighted by Gasteiger charge is 2.34. The van der Waals surface area contributed by atoms with Gasteiger partial charge in [-0.25, -0.2) is 0 Å². The van der Waals surface area contributed by atoms with Crippen LogP contribution in [-0.4, -0.2) is 48.3 Å². The molecular weight excluding hydrogens is 250 g/mol. The zero-order chi connectivity index (χ0) is 14.6. The van der Waals surface area contributed by atoms with Crippen molar-refractivity contribution in [2.75, 3.05) is 19.6 Å². The van der Waals surface area contributed by atoms with Crippen LogP contribution in [0.3, 0.4) is 0 Å². The van der Waals surface area contributed by atoms with Gasteiger partial charge in [-0.2, -0.15) is 5.26 Å². The first-order valence-corrected chi connectivity index (χ1v) is 8.13. The highest BCUT2D eigenvalue weighted by Crippen LogP contribution is 2.27. The van der Waals surface area contributed by atoms with E-state index in [9.17, 15) is 5.26 Å². The molecule has 114 valence electrons. The van der Waals surface area contributed by atoms with Crippen LogP contribution in [0.1, 0.15) is 52.9 Å². The maximum atomic E-state index is 9.51. The van der Waals surface area contributed by atoms with E-state index in [1.807, 2.05) is 0 Å². The molecule has 4 nitrogen and oxygen atoms in total. The smallest absolute Gasteiger partial charge is 0.106 e. The molecule has 0 spiro atoms. The number of hydrogen-bond acceptors (Lipinski definition) is 4. The molecule has 0 radical (unpaired) electrons. The van der Waals surface area contributed by atoms with Gasteiger partial charge in [-0.1, -0.05) is 6.92 Å². The van der Waals surface area contributed by atoms with Crippen molar-refractivity contribution in [3.05, 3.63) is 0 Å². The molecule has 0 aromatic rings. The second kappa shape index (κ2) is 6.89. The minimum atomic E-state index is -0.348. The summed E-state index contributed by atoms with van der Waals surface area (Å²) in [4.78, 5) is 2.53. The number of hydrogen-bond donors (Lipinski definition) is 1. The summed E-state index contributed by atoms with van der Waals surface area (Å²) in [6, 6.07) is 2.87. The summed E-state index contributed by atoms with van der Waals surface area (Å²) in [5.41, 5.74) is -0.348. The maximum absolute atomic E-state index is 9.51. The Morgan fingerprint density at radius 3 is 2.50 bits per heavy atom. The number of rotatable bonds is 7. The predicted molar refractivity (Wildman–Crippen MR) is 80.5 cm³/mol. The third-order valence-corrected chi connectivity index (χ3v) is 4.58. The van der Waals surface area contributed by atoms with Gasteiger partial charge < -0.3 is 4.74 Å². The first-order chi connectivity index (χ1) is 9.57. The molecule has 20 heavy (non-hydrogen) atoms. The molecule has 0 aromatic carbocycles. The Hall–Kier alpha value is -0.630. The predicted octanol–water partition coefficient (Wildman–Crippen LogP) is 2.30. The van der Waals surface area contributed by atoms with Crippen LogP contribution in [0.15, 0.2) is 0 Å². The lowest BCUT2D eigenvalue weighted by molar-refractivity contribution is -0.0388. The van der Waals surface area contributed by atoms with Gasteiger partial charge in [0, 0.05) is 19.1 Å². The number of morpholine rings is 1. The molecule has 2 heterocycles. The molecule has 2 bridgehead atoms. The van der Waals surface area contributed by atoms with Gasteiger partial charge in [0.05, 0.1) is 18.3 Å². The van der Waals surface area contributed by atoms with Crippen LogP contribution in [0.4, 0.5) is 0 Å². The average molecular weight is 279 g/mol.